The van der Waals surface area contributed by atoms with Crippen molar-refractivity contribution >= 4 is 17.4 Å². The van der Waals surface area contributed by atoms with E-state index in [0.717, 1.165) is 17.5 Å². The molecule has 0 heterocycles. The van der Waals surface area contributed by atoms with Gasteiger partial charge in [0.15, 0.2) is 11.7 Å². The minimum absolute atomic E-state index is 0.317. The number of amides is 1. The van der Waals surface area contributed by atoms with Crippen molar-refractivity contribution < 1.29 is 14.3 Å². The summed E-state index contributed by atoms with van der Waals surface area (Å²) in [7, 11) is 1.56. The van der Waals surface area contributed by atoms with Gasteiger partial charge in [-0.2, -0.15) is 5.26 Å². The SMILES string of the molecule is CCc1ccc(NC(=O)[C@H](C#N)C(=O)c2cccc(COC)c2)cc1. The number of Topliss-reactive ketones (excluding diaryl/α,β-unsaturated/α-hetero) is 1. The summed E-state index contributed by atoms with van der Waals surface area (Å²) in [5.41, 5.74) is 2.82. The first kappa shape index (κ1) is 18.4. The molecule has 0 aromatic heterocycles. The number of nitrogens with zero attached hydrogens (tertiary/aromatic N) is 1. The molecule has 0 aliphatic heterocycles. The topological polar surface area (TPSA) is 79.2 Å². The van der Waals surface area contributed by atoms with Gasteiger partial charge in [0.05, 0.1) is 12.7 Å². The van der Waals surface area contributed by atoms with Crippen LogP contribution in [0.2, 0.25) is 0 Å². The smallest absolute Gasteiger partial charge is 0.249 e. The third kappa shape index (κ3) is 4.75. The molecule has 0 aliphatic carbocycles. The first-order valence-corrected chi connectivity index (χ1v) is 8.00. The molecule has 1 atom stereocenters. The molecule has 0 unspecified atom stereocenters. The first-order valence-electron chi connectivity index (χ1n) is 8.00. The van der Waals surface area contributed by atoms with Crippen molar-refractivity contribution in [3.63, 3.8) is 0 Å². The van der Waals surface area contributed by atoms with Crippen molar-refractivity contribution in [3.8, 4) is 6.07 Å². The van der Waals surface area contributed by atoms with E-state index < -0.39 is 17.6 Å². The average molecular weight is 336 g/mol. The fourth-order valence-corrected chi connectivity index (χ4v) is 2.42. The second-order valence-electron chi connectivity index (χ2n) is 5.60. The first-order chi connectivity index (χ1) is 12.1. The zero-order valence-electron chi connectivity index (χ0n) is 14.3. The molecule has 0 spiro atoms. The number of hydrogen-bond acceptors (Lipinski definition) is 4. The molecular formula is C20H20N2O3. The summed E-state index contributed by atoms with van der Waals surface area (Å²) in [6, 6.07) is 15.9. The molecular weight excluding hydrogens is 316 g/mol. The van der Waals surface area contributed by atoms with Crippen LogP contribution in [0.1, 0.15) is 28.4 Å². The highest BCUT2D eigenvalue weighted by Crippen LogP contribution is 2.15. The van der Waals surface area contributed by atoms with Gasteiger partial charge in [0.1, 0.15) is 0 Å². The Hall–Kier alpha value is -2.97. The number of rotatable bonds is 7. The maximum absolute atomic E-state index is 12.5. The average Bonchev–Trinajstić information content (AvgIpc) is 2.63. The van der Waals surface area contributed by atoms with E-state index in [1.807, 2.05) is 25.1 Å². The van der Waals surface area contributed by atoms with Gasteiger partial charge in [-0.1, -0.05) is 37.3 Å². The molecule has 0 saturated carbocycles. The van der Waals surface area contributed by atoms with Crippen molar-refractivity contribution in [3.05, 3.63) is 65.2 Å². The predicted octanol–water partition coefficient (Wildman–Crippen LogP) is 3.36. The zero-order valence-corrected chi connectivity index (χ0v) is 14.3. The number of hydrogen-bond donors (Lipinski definition) is 1. The molecule has 1 amide bonds. The third-order valence-electron chi connectivity index (χ3n) is 3.81. The third-order valence-corrected chi connectivity index (χ3v) is 3.81. The Kier molecular flexibility index (Phi) is 6.44. The van der Waals surface area contributed by atoms with Gasteiger partial charge < -0.3 is 10.1 Å². The summed E-state index contributed by atoms with van der Waals surface area (Å²) >= 11 is 0. The van der Waals surface area contributed by atoms with Crippen LogP contribution < -0.4 is 5.32 Å². The van der Waals surface area contributed by atoms with Crippen molar-refractivity contribution in [2.45, 2.75) is 20.0 Å². The van der Waals surface area contributed by atoms with Crippen LogP contribution in [0.5, 0.6) is 0 Å². The Bertz CT molecular complexity index is 791. The maximum atomic E-state index is 12.5. The number of aryl methyl sites for hydroxylation is 1. The van der Waals surface area contributed by atoms with Gasteiger partial charge in [-0.25, -0.2) is 0 Å². The standard InChI is InChI=1S/C20H20N2O3/c1-3-14-7-9-17(10-8-14)22-20(24)18(12-21)19(23)16-6-4-5-15(11-16)13-25-2/h4-11,18H,3,13H2,1-2H3,(H,22,24)/t18-/m1/s1. The number of carbonyl (C=O) groups excluding carboxylic acids is 2. The van der Waals surface area contributed by atoms with Gasteiger partial charge in [-0.15, -0.1) is 0 Å². The molecule has 128 valence electrons. The highest BCUT2D eigenvalue weighted by Gasteiger charge is 2.27. The Morgan fingerprint density at radius 1 is 1.16 bits per heavy atom. The van der Waals surface area contributed by atoms with E-state index in [-0.39, 0.29) is 0 Å². The largest absolute Gasteiger partial charge is 0.380 e. The highest BCUT2D eigenvalue weighted by atomic mass is 16.5. The van der Waals surface area contributed by atoms with E-state index in [2.05, 4.69) is 5.32 Å². The summed E-state index contributed by atoms with van der Waals surface area (Å²) in [6.07, 6.45) is 0.894. The van der Waals surface area contributed by atoms with Gasteiger partial charge in [-0.05, 0) is 35.7 Å². The summed E-state index contributed by atoms with van der Waals surface area (Å²) < 4.78 is 5.04. The van der Waals surface area contributed by atoms with Crippen molar-refractivity contribution in [2.24, 2.45) is 5.92 Å². The lowest BCUT2D eigenvalue weighted by Crippen LogP contribution is -2.28. The molecule has 5 nitrogen and oxygen atoms in total. The van der Waals surface area contributed by atoms with Crippen LogP contribution in [-0.2, 0) is 22.6 Å². The van der Waals surface area contributed by atoms with Crippen LogP contribution in [0.15, 0.2) is 48.5 Å². The van der Waals surface area contributed by atoms with E-state index in [1.165, 1.54) is 0 Å². The second kappa shape index (κ2) is 8.76. The molecule has 0 radical (unpaired) electrons. The Morgan fingerprint density at radius 3 is 2.48 bits per heavy atom. The van der Waals surface area contributed by atoms with E-state index in [1.54, 1.807) is 43.5 Å². The lowest BCUT2D eigenvalue weighted by Gasteiger charge is -2.11. The normalized spacial score (nSPS) is 11.4. The number of carbonyl (C=O) groups is 2. The molecule has 2 aromatic carbocycles. The van der Waals surface area contributed by atoms with Crippen LogP contribution in [0, 0.1) is 17.2 Å². The molecule has 2 aromatic rings. The minimum Gasteiger partial charge on any atom is -0.380 e. The summed E-state index contributed by atoms with van der Waals surface area (Å²) in [5, 5.41) is 11.9. The lowest BCUT2D eigenvalue weighted by molar-refractivity contribution is -0.117. The fourth-order valence-electron chi connectivity index (χ4n) is 2.42. The molecule has 1 N–H and O–H groups in total. The molecule has 5 heteroatoms. The van der Waals surface area contributed by atoms with E-state index in [4.69, 9.17) is 4.74 Å². The van der Waals surface area contributed by atoms with Crippen LogP contribution in [-0.4, -0.2) is 18.8 Å². The van der Waals surface area contributed by atoms with Crippen LogP contribution in [0.25, 0.3) is 0 Å². The molecule has 25 heavy (non-hydrogen) atoms. The number of ether oxygens (including phenoxy) is 1. The van der Waals surface area contributed by atoms with Crippen molar-refractivity contribution in [1.29, 1.82) is 5.26 Å². The van der Waals surface area contributed by atoms with Crippen LogP contribution in [0.4, 0.5) is 5.69 Å². The number of anilines is 1. The number of methoxy groups -OCH3 is 1. The number of nitrogens with one attached hydrogen (secondary N) is 1. The van der Waals surface area contributed by atoms with Crippen molar-refractivity contribution in [2.75, 3.05) is 12.4 Å². The Morgan fingerprint density at radius 2 is 1.88 bits per heavy atom. The van der Waals surface area contributed by atoms with E-state index in [9.17, 15) is 14.9 Å². The van der Waals surface area contributed by atoms with Gasteiger partial charge in [0, 0.05) is 18.4 Å². The van der Waals surface area contributed by atoms with Crippen LogP contribution in [0.3, 0.4) is 0 Å². The fraction of sp³-hybridized carbons (Fsp3) is 0.250. The summed E-state index contributed by atoms with van der Waals surface area (Å²) in [4.78, 5) is 24.9. The van der Waals surface area contributed by atoms with Gasteiger partial charge in [0.2, 0.25) is 5.91 Å². The number of ketones is 1. The number of benzene rings is 2. The molecule has 0 bridgehead atoms. The molecule has 2 rings (SSSR count). The monoisotopic (exact) mass is 336 g/mol. The molecule has 0 fully saturated rings. The Labute approximate surface area is 147 Å². The summed E-state index contributed by atoms with van der Waals surface area (Å²) in [6.45, 7) is 2.39. The minimum atomic E-state index is -1.40. The lowest BCUT2D eigenvalue weighted by atomic mass is 9.96. The summed E-state index contributed by atoms with van der Waals surface area (Å²) in [5.74, 6) is -2.55. The van der Waals surface area contributed by atoms with Gasteiger partial charge >= 0.3 is 0 Å². The van der Waals surface area contributed by atoms with E-state index in [0.29, 0.717) is 17.9 Å². The maximum Gasteiger partial charge on any atom is 0.249 e. The van der Waals surface area contributed by atoms with Crippen molar-refractivity contribution in [1.82, 2.24) is 0 Å². The van der Waals surface area contributed by atoms with Gasteiger partial charge in [0.25, 0.3) is 0 Å². The Balaban J connectivity index is 2.14. The molecule has 0 saturated heterocycles. The zero-order chi connectivity index (χ0) is 18.2. The highest BCUT2D eigenvalue weighted by molar-refractivity contribution is 6.15. The van der Waals surface area contributed by atoms with E-state index >= 15 is 0 Å². The van der Waals surface area contributed by atoms with Crippen LogP contribution >= 0.6 is 0 Å². The number of nitriles is 1. The second-order valence-corrected chi connectivity index (χ2v) is 5.60. The predicted molar refractivity (Wildman–Crippen MR) is 95.0 cm³/mol. The van der Waals surface area contributed by atoms with Gasteiger partial charge in [-0.3, -0.25) is 9.59 Å². The molecule has 0 aliphatic rings. The quantitative estimate of drug-likeness (QED) is 0.621.